The molecule has 5 N–H and O–H groups in total. The highest BCUT2D eigenvalue weighted by atomic mass is 19.4. The fourth-order valence-electron chi connectivity index (χ4n) is 2.45. The summed E-state index contributed by atoms with van der Waals surface area (Å²) in [6.45, 7) is 4.93. The van der Waals surface area contributed by atoms with Crippen molar-refractivity contribution in [3.8, 4) is 0 Å². The SMILES string of the molecule is C[C@H](CNC(=O)CNC(=O)c1cccc(N2CCNCC2)c1)C(=O)O.O=C(O)C(F)(F)F. The number of carbonyl (C=O) groups is 4. The highest BCUT2D eigenvalue weighted by Gasteiger charge is 2.38. The third kappa shape index (κ3) is 9.64. The molecule has 13 heteroatoms. The Labute approximate surface area is 181 Å². The summed E-state index contributed by atoms with van der Waals surface area (Å²) in [6.07, 6.45) is -5.08. The number of hydrogen-bond donors (Lipinski definition) is 5. The van der Waals surface area contributed by atoms with Crippen LogP contribution in [-0.4, -0.2) is 79.4 Å². The molecule has 0 radical (unpaired) electrons. The maximum absolute atomic E-state index is 12.2. The number of hydrogen-bond acceptors (Lipinski definition) is 6. The third-order valence-corrected chi connectivity index (χ3v) is 4.27. The number of rotatable bonds is 7. The van der Waals surface area contributed by atoms with Crippen molar-refractivity contribution < 1.29 is 42.6 Å². The molecule has 1 saturated heterocycles. The molecule has 1 aromatic carbocycles. The largest absolute Gasteiger partial charge is 0.490 e. The van der Waals surface area contributed by atoms with Crippen molar-refractivity contribution in [2.75, 3.05) is 44.2 Å². The van der Waals surface area contributed by atoms with Gasteiger partial charge in [0.15, 0.2) is 0 Å². The molecule has 0 bridgehead atoms. The van der Waals surface area contributed by atoms with Crippen LogP contribution in [0, 0.1) is 5.92 Å². The van der Waals surface area contributed by atoms with E-state index in [1.807, 2.05) is 18.2 Å². The lowest BCUT2D eigenvalue weighted by atomic mass is 10.1. The Bertz CT molecular complexity index is 812. The van der Waals surface area contributed by atoms with Gasteiger partial charge >= 0.3 is 18.1 Å². The fourth-order valence-corrected chi connectivity index (χ4v) is 2.45. The van der Waals surface area contributed by atoms with Crippen LogP contribution >= 0.6 is 0 Å². The molecule has 1 atom stereocenters. The highest BCUT2D eigenvalue weighted by molar-refractivity contribution is 5.97. The van der Waals surface area contributed by atoms with Gasteiger partial charge in [0.1, 0.15) is 0 Å². The summed E-state index contributed by atoms with van der Waals surface area (Å²) < 4.78 is 31.7. The molecular formula is C19H25F3N4O6. The lowest BCUT2D eigenvalue weighted by Crippen LogP contribution is -2.43. The van der Waals surface area contributed by atoms with E-state index in [0.29, 0.717) is 5.56 Å². The predicted molar refractivity (Wildman–Crippen MR) is 107 cm³/mol. The molecule has 0 aromatic heterocycles. The van der Waals surface area contributed by atoms with Crippen LogP contribution in [0.5, 0.6) is 0 Å². The molecule has 2 amide bonds. The molecular weight excluding hydrogens is 437 g/mol. The second-order valence-electron chi connectivity index (χ2n) is 6.82. The zero-order valence-corrected chi connectivity index (χ0v) is 17.2. The molecule has 2 rings (SSSR count). The van der Waals surface area contributed by atoms with Gasteiger partial charge in [-0.25, -0.2) is 4.79 Å². The lowest BCUT2D eigenvalue weighted by Gasteiger charge is -2.29. The molecule has 1 aliphatic rings. The van der Waals surface area contributed by atoms with Gasteiger partial charge in [0.25, 0.3) is 5.91 Å². The van der Waals surface area contributed by atoms with Crippen molar-refractivity contribution >= 4 is 29.4 Å². The van der Waals surface area contributed by atoms with Gasteiger partial charge in [0.05, 0.1) is 12.5 Å². The zero-order valence-electron chi connectivity index (χ0n) is 17.2. The van der Waals surface area contributed by atoms with Gasteiger partial charge in [-0.1, -0.05) is 13.0 Å². The van der Waals surface area contributed by atoms with Gasteiger partial charge < -0.3 is 31.1 Å². The zero-order chi connectivity index (χ0) is 24.3. The van der Waals surface area contributed by atoms with Gasteiger partial charge in [-0.05, 0) is 18.2 Å². The molecule has 0 unspecified atom stereocenters. The van der Waals surface area contributed by atoms with Crippen LogP contribution in [-0.2, 0) is 14.4 Å². The van der Waals surface area contributed by atoms with Gasteiger partial charge in [-0.3, -0.25) is 14.4 Å². The van der Waals surface area contributed by atoms with Crippen molar-refractivity contribution in [1.82, 2.24) is 16.0 Å². The number of alkyl halides is 3. The van der Waals surface area contributed by atoms with Crippen molar-refractivity contribution in [1.29, 1.82) is 0 Å². The van der Waals surface area contributed by atoms with E-state index in [9.17, 15) is 27.6 Å². The number of halogens is 3. The minimum Gasteiger partial charge on any atom is -0.481 e. The first kappa shape index (κ1) is 26.7. The molecule has 1 aromatic rings. The molecule has 10 nitrogen and oxygen atoms in total. The smallest absolute Gasteiger partial charge is 0.481 e. The quantitative estimate of drug-likeness (QED) is 0.389. The van der Waals surface area contributed by atoms with Gasteiger partial charge in [0.2, 0.25) is 5.91 Å². The van der Waals surface area contributed by atoms with E-state index in [4.69, 9.17) is 15.0 Å². The number of nitrogens with one attached hydrogen (secondary N) is 3. The summed E-state index contributed by atoms with van der Waals surface area (Å²) in [4.78, 5) is 45.7. The molecule has 1 fully saturated rings. The number of carbonyl (C=O) groups excluding carboxylic acids is 2. The van der Waals surface area contributed by atoms with Crippen LogP contribution in [0.1, 0.15) is 17.3 Å². The second-order valence-corrected chi connectivity index (χ2v) is 6.82. The van der Waals surface area contributed by atoms with E-state index >= 15 is 0 Å². The Kier molecular flexibility index (Phi) is 10.4. The first-order chi connectivity index (χ1) is 14.9. The summed E-state index contributed by atoms with van der Waals surface area (Å²) in [5.41, 5.74) is 1.47. The number of carboxylic acid groups (broad SMARTS) is 2. The number of benzene rings is 1. The van der Waals surface area contributed by atoms with E-state index < -0.39 is 29.9 Å². The average molecular weight is 462 g/mol. The predicted octanol–water partition coefficient (Wildman–Crippen LogP) is 0.296. The number of nitrogens with zero attached hydrogens (tertiary/aromatic N) is 1. The lowest BCUT2D eigenvalue weighted by molar-refractivity contribution is -0.192. The summed E-state index contributed by atoms with van der Waals surface area (Å²) in [7, 11) is 0. The summed E-state index contributed by atoms with van der Waals surface area (Å²) >= 11 is 0. The number of carboxylic acids is 2. The van der Waals surface area contributed by atoms with E-state index in [1.54, 1.807) is 6.07 Å². The summed E-state index contributed by atoms with van der Waals surface area (Å²) in [5.74, 6) is -5.16. The van der Waals surface area contributed by atoms with Crippen molar-refractivity contribution in [2.24, 2.45) is 5.92 Å². The van der Waals surface area contributed by atoms with Crippen LogP contribution in [0.2, 0.25) is 0 Å². The van der Waals surface area contributed by atoms with Gasteiger partial charge in [-0.15, -0.1) is 0 Å². The Balaban J connectivity index is 0.000000633. The van der Waals surface area contributed by atoms with Crippen molar-refractivity contribution in [3.05, 3.63) is 29.8 Å². The maximum atomic E-state index is 12.2. The van der Waals surface area contributed by atoms with Gasteiger partial charge in [-0.2, -0.15) is 13.2 Å². The summed E-state index contributed by atoms with van der Waals surface area (Å²) in [5, 5.41) is 24.2. The Hall–Kier alpha value is -3.35. The normalized spacial score (nSPS) is 14.4. The first-order valence-electron chi connectivity index (χ1n) is 9.55. The highest BCUT2D eigenvalue weighted by Crippen LogP contribution is 2.16. The Morgan fingerprint density at radius 1 is 1.12 bits per heavy atom. The van der Waals surface area contributed by atoms with E-state index in [-0.39, 0.29) is 19.0 Å². The minimum atomic E-state index is -5.08. The van der Waals surface area contributed by atoms with E-state index in [0.717, 1.165) is 31.9 Å². The first-order valence-corrected chi connectivity index (χ1v) is 9.55. The standard InChI is InChI=1S/C17H24N4O4.C2HF3O2/c1-12(17(24)25)10-19-15(22)11-20-16(23)13-3-2-4-14(9-13)21-7-5-18-6-8-21;3-2(4,5)1(6)7/h2-4,9,12,18H,5-8,10-11H2,1H3,(H,19,22)(H,20,23)(H,24,25);(H,6,7)/t12-;/m1./s1. The van der Waals surface area contributed by atoms with Crippen LogP contribution in [0.3, 0.4) is 0 Å². The van der Waals surface area contributed by atoms with Crippen LogP contribution in [0.15, 0.2) is 24.3 Å². The Morgan fingerprint density at radius 2 is 1.72 bits per heavy atom. The molecule has 0 aliphatic carbocycles. The molecule has 0 saturated carbocycles. The van der Waals surface area contributed by atoms with Gasteiger partial charge in [0, 0.05) is 44.0 Å². The molecule has 32 heavy (non-hydrogen) atoms. The van der Waals surface area contributed by atoms with Crippen molar-refractivity contribution in [2.45, 2.75) is 13.1 Å². The fraction of sp³-hybridized carbons (Fsp3) is 0.474. The van der Waals surface area contributed by atoms with Crippen LogP contribution in [0.4, 0.5) is 18.9 Å². The topological polar surface area (TPSA) is 148 Å². The maximum Gasteiger partial charge on any atom is 0.490 e. The monoisotopic (exact) mass is 462 g/mol. The second kappa shape index (κ2) is 12.5. The Morgan fingerprint density at radius 3 is 2.25 bits per heavy atom. The molecule has 178 valence electrons. The van der Waals surface area contributed by atoms with E-state index in [1.165, 1.54) is 6.92 Å². The summed E-state index contributed by atoms with van der Waals surface area (Å²) in [6, 6.07) is 7.29. The molecule has 0 spiro atoms. The van der Waals surface area contributed by atoms with Crippen molar-refractivity contribution in [3.63, 3.8) is 0 Å². The average Bonchev–Trinajstić information content (AvgIpc) is 2.76. The van der Waals surface area contributed by atoms with E-state index in [2.05, 4.69) is 20.9 Å². The molecule has 1 heterocycles. The van der Waals surface area contributed by atoms with Crippen LogP contribution < -0.4 is 20.9 Å². The van der Waals surface area contributed by atoms with Crippen LogP contribution in [0.25, 0.3) is 0 Å². The number of anilines is 1. The third-order valence-electron chi connectivity index (χ3n) is 4.27. The number of amides is 2. The number of piperazine rings is 1. The minimum absolute atomic E-state index is 0.0303. The number of aliphatic carboxylic acids is 2. The molecule has 1 aliphatic heterocycles.